The number of hydrogen-bond acceptors (Lipinski definition) is 3. The van der Waals surface area contributed by atoms with Crippen molar-refractivity contribution in [3.8, 4) is 0 Å². The van der Waals surface area contributed by atoms with E-state index in [1.54, 1.807) is 0 Å². The van der Waals surface area contributed by atoms with Crippen LogP contribution in [0.15, 0.2) is 36.4 Å². The molecule has 1 atom stereocenters. The first kappa shape index (κ1) is 20.2. The summed E-state index contributed by atoms with van der Waals surface area (Å²) < 4.78 is 0. The Kier molecular flexibility index (Phi) is 5.69. The number of nitrogens with two attached hydrogens (primary N) is 1. The summed E-state index contributed by atoms with van der Waals surface area (Å²) in [5, 5.41) is 3.01. The SMILES string of the molecule is Cc1cc(N)c(NC(=O)c2ccc(C(C)(C)C)cc2)cc1N1CCC[C@H](C)C1. The highest BCUT2D eigenvalue weighted by atomic mass is 16.1. The lowest BCUT2D eigenvalue weighted by Gasteiger charge is -2.34. The number of carbonyl (C=O) groups excluding carboxylic acids is 1. The Hall–Kier alpha value is -2.49. The van der Waals surface area contributed by atoms with Gasteiger partial charge in [-0.05, 0) is 66.5 Å². The molecule has 1 amide bonds. The van der Waals surface area contributed by atoms with E-state index in [4.69, 9.17) is 5.73 Å². The molecule has 28 heavy (non-hydrogen) atoms. The molecule has 3 N–H and O–H groups in total. The Morgan fingerprint density at radius 1 is 1.18 bits per heavy atom. The van der Waals surface area contributed by atoms with Gasteiger partial charge in [-0.15, -0.1) is 0 Å². The van der Waals surface area contributed by atoms with Gasteiger partial charge in [0.05, 0.1) is 11.4 Å². The summed E-state index contributed by atoms with van der Waals surface area (Å²) in [6, 6.07) is 11.8. The van der Waals surface area contributed by atoms with Gasteiger partial charge in [0.15, 0.2) is 0 Å². The maximum atomic E-state index is 12.8. The van der Waals surface area contributed by atoms with Gasteiger partial charge in [-0.1, -0.05) is 39.8 Å². The standard InChI is InChI=1S/C24H33N3O/c1-16-7-6-12-27(15-16)22-14-21(20(25)13-17(22)2)26-23(28)18-8-10-19(11-9-18)24(3,4)5/h8-11,13-14,16H,6-7,12,15,25H2,1-5H3,(H,26,28)/t16-/m0/s1. The van der Waals surface area contributed by atoms with E-state index in [0.29, 0.717) is 22.9 Å². The molecule has 0 aliphatic carbocycles. The monoisotopic (exact) mass is 379 g/mol. The predicted octanol–water partition coefficient (Wildman–Crippen LogP) is 5.36. The number of nitrogen functional groups attached to an aromatic ring is 1. The van der Waals surface area contributed by atoms with Crippen LogP contribution in [0.3, 0.4) is 0 Å². The zero-order chi connectivity index (χ0) is 20.5. The third kappa shape index (κ3) is 4.49. The molecule has 1 heterocycles. The van der Waals surface area contributed by atoms with Crippen molar-refractivity contribution in [1.82, 2.24) is 0 Å². The zero-order valence-electron chi connectivity index (χ0n) is 17.8. The van der Waals surface area contributed by atoms with Gasteiger partial charge in [0.1, 0.15) is 0 Å². The average molecular weight is 380 g/mol. The Labute approximate surface area is 169 Å². The summed E-state index contributed by atoms with van der Waals surface area (Å²) in [6.45, 7) is 13.0. The topological polar surface area (TPSA) is 58.4 Å². The van der Waals surface area contributed by atoms with Crippen LogP contribution in [0.25, 0.3) is 0 Å². The third-order valence-electron chi connectivity index (χ3n) is 5.63. The van der Waals surface area contributed by atoms with Gasteiger partial charge >= 0.3 is 0 Å². The van der Waals surface area contributed by atoms with E-state index in [9.17, 15) is 4.79 Å². The lowest BCUT2D eigenvalue weighted by molar-refractivity contribution is 0.102. The summed E-state index contributed by atoms with van der Waals surface area (Å²) in [4.78, 5) is 15.2. The molecular weight excluding hydrogens is 346 g/mol. The minimum Gasteiger partial charge on any atom is -0.397 e. The highest BCUT2D eigenvalue weighted by molar-refractivity contribution is 6.06. The van der Waals surface area contributed by atoms with E-state index in [0.717, 1.165) is 18.7 Å². The number of rotatable bonds is 3. The molecule has 1 aliphatic rings. The second kappa shape index (κ2) is 7.86. The number of amides is 1. The largest absolute Gasteiger partial charge is 0.397 e. The molecule has 2 aromatic rings. The third-order valence-corrected chi connectivity index (χ3v) is 5.63. The number of nitrogens with one attached hydrogen (secondary N) is 1. The fraction of sp³-hybridized carbons (Fsp3) is 0.458. The van der Waals surface area contributed by atoms with Gasteiger partial charge in [0.2, 0.25) is 0 Å². The van der Waals surface area contributed by atoms with Crippen LogP contribution < -0.4 is 16.0 Å². The number of piperidine rings is 1. The van der Waals surface area contributed by atoms with E-state index < -0.39 is 0 Å². The highest BCUT2D eigenvalue weighted by Crippen LogP contribution is 2.32. The second-order valence-electron chi connectivity index (χ2n) is 9.20. The second-order valence-corrected chi connectivity index (χ2v) is 9.20. The molecule has 1 fully saturated rings. The van der Waals surface area contributed by atoms with Crippen molar-refractivity contribution in [2.75, 3.05) is 29.0 Å². The van der Waals surface area contributed by atoms with Crippen LogP contribution in [0.1, 0.15) is 62.0 Å². The van der Waals surface area contributed by atoms with Crippen LogP contribution in [0.5, 0.6) is 0 Å². The molecule has 3 rings (SSSR count). The van der Waals surface area contributed by atoms with Crippen LogP contribution in [-0.2, 0) is 5.41 Å². The molecule has 1 aliphatic heterocycles. The van der Waals surface area contributed by atoms with Crippen molar-refractivity contribution in [3.63, 3.8) is 0 Å². The van der Waals surface area contributed by atoms with Gasteiger partial charge in [-0.2, -0.15) is 0 Å². The number of anilines is 3. The summed E-state index contributed by atoms with van der Waals surface area (Å²) >= 11 is 0. The first-order chi connectivity index (χ1) is 13.1. The lowest BCUT2D eigenvalue weighted by Crippen LogP contribution is -2.34. The highest BCUT2D eigenvalue weighted by Gasteiger charge is 2.20. The molecule has 150 valence electrons. The van der Waals surface area contributed by atoms with Gasteiger partial charge in [0.25, 0.3) is 5.91 Å². The quantitative estimate of drug-likeness (QED) is 0.706. The maximum absolute atomic E-state index is 12.8. The first-order valence-electron chi connectivity index (χ1n) is 10.2. The van der Waals surface area contributed by atoms with Gasteiger partial charge < -0.3 is 16.0 Å². The van der Waals surface area contributed by atoms with Crippen LogP contribution in [-0.4, -0.2) is 19.0 Å². The van der Waals surface area contributed by atoms with E-state index in [2.05, 4.69) is 44.8 Å². The van der Waals surface area contributed by atoms with Crippen molar-refractivity contribution in [2.45, 2.75) is 52.9 Å². The first-order valence-corrected chi connectivity index (χ1v) is 10.2. The Bertz CT molecular complexity index is 849. The van der Waals surface area contributed by atoms with E-state index >= 15 is 0 Å². The molecule has 4 nitrogen and oxygen atoms in total. The summed E-state index contributed by atoms with van der Waals surface area (Å²) in [6.07, 6.45) is 2.48. The zero-order valence-corrected chi connectivity index (χ0v) is 17.8. The maximum Gasteiger partial charge on any atom is 0.255 e. The van der Waals surface area contributed by atoms with Gasteiger partial charge in [-0.25, -0.2) is 0 Å². The van der Waals surface area contributed by atoms with E-state index in [1.165, 1.54) is 24.1 Å². The molecule has 4 heteroatoms. The summed E-state index contributed by atoms with van der Waals surface area (Å²) in [5.74, 6) is 0.555. The number of hydrogen-bond donors (Lipinski definition) is 2. The average Bonchev–Trinajstić information content (AvgIpc) is 2.63. The van der Waals surface area contributed by atoms with Crippen LogP contribution in [0.2, 0.25) is 0 Å². The number of carbonyl (C=O) groups is 1. The molecule has 0 bridgehead atoms. The normalized spacial score (nSPS) is 17.5. The van der Waals surface area contributed by atoms with Gasteiger partial charge in [-0.3, -0.25) is 4.79 Å². The number of nitrogens with zero attached hydrogens (tertiary/aromatic N) is 1. The molecule has 0 aromatic heterocycles. The molecular formula is C24H33N3O. The van der Waals surface area contributed by atoms with Crippen molar-refractivity contribution >= 4 is 23.0 Å². The van der Waals surface area contributed by atoms with Crippen LogP contribution in [0.4, 0.5) is 17.1 Å². The minimum atomic E-state index is -0.131. The smallest absolute Gasteiger partial charge is 0.255 e. The Morgan fingerprint density at radius 3 is 2.46 bits per heavy atom. The number of aryl methyl sites for hydroxylation is 1. The van der Waals surface area contributed by atoms with Crippen molar-refractivity contribution in [2.24, 2.45) is 5.92 Å². The molecule has 0 unspecified atom stereocenters. The molecule has 1 saturated heterocycles. The summed E-state index contributed by atoms with van der Waals surface area (Å²) in [5.41, 5.74) is 11.7. The Balaban J connectivity index is 1.81. The lowest BCUT2D eigenvalue weighted by atomic mass is 9.87. The van der Waals surface area contributed by atoms with E-state index in [-0.39, 0.29) is 11.3 Å². The molecule has 0 saturated carbocycles. The number of benzene rings is 2. The Morgan fingerprint density at radius 2 is 1.86 bits per heavy atom. The molecule has 0 spiro atoms. The van der Waals surface area contributed by atoms with E-state index in [1.807, 2.05) is 36.4 Å². The van der Waals surface area contributed by atoms with Crippen LogP contribution in [0, 0.1) is 12.8 Å². The summed E-state index contributed by atoms with van der Waals surface area (Å²) in [7, 11) is 0. The molecule has 2 aromatic carbocycles. The fourth-order valence-corrected chi connectivity index (χ4v) is 3.89. The predicted molar refractivity (Wildman–Crippen MR) is 119 cm³/mol. The molecule has 0 radical (unpaired) electrons. The minimum absolute atomic E-state index is 0.0663. The van der Waals surface area contributed by atoms with Crippen molar-refractivity contribution < 1.29 is 4.79 Å². The van der Waals surface area contributed by atoms with Gasteiger partial charge in [0, 0.05) is 24.3 Å². The van der Waals surface area contributed by atoms with Crippen LogP contribution >= 0.6 is 0 Å². The van der Waals surface area contributed by atoms with Crippen molar-refractivity contribution in [1.29, 1.82) is 0 Å². The van der Waals surface area contributed by atoms with Crippen molar-refractivity contribution in [3.05, 3.63) is 53.1 Å². The fourth-order valence-electron chi connectivity index (χ4n) is 3.89.